The van der Waals surface area contributed by atoms with Gasteiger partial charge >= 0.3 is 0 Å². The van der Waals surface area contributed by atoms with E-state index in [0.717, 1.165) is 0 Å². The van der Waals surface area contributed by atoms with Gasteiger partial charge in [0, 0.05) is 16.6 Å². The van der Waals surface area contributed by atoms with Crippen molar-refractivity contribution in [3.05, 3.63) is 96.6 Å². The van der Waals surface area contributed by atoms with Crippen LogP contribution in [0, 0.1) is 0 Å². The first-order valence-corrected chi connectivity index (χ1v) is 8.05. The van der Waals surface area contributed by atoms with Gasteiger partial charge in [-0.2, -0.15) is 0 Å². The monoisotopic (exact) mass is 297 g/mol. The zero-order valence-electron chi connectivity index (χ0n) is 13.2. The fraction of sp³-hybridized carbons (Fsp3) is 0.0909. The van der Waals surface area contributed by atoms with E-state index in [1.165, 1.54) is 27.7 Å². The third kappa shape index (κ3) is 2.44. The Bertz CT molecular complexity index is 920. The third-order valence-electron chi connectivity index (χ3n) is 4.49. The predicted octanol–water partition coefficient (Wildman–Crippen LogP) is 5.92. The van der Waals surface area contributed by atoms with Gasteiger partial charge in [0.15, 0.2) is 0 Å². The van der Waals surface area contributed by atoms with Crippen molar-refractivity contribution in [2.75, 3.05) is 0 Å². The summed E-state index contributed by atoms with van der Waals surface area (Å²) in [6.07, 6.45) is 0. The molecule has 0 saturated carbocycles. The topological polar surface area (TPSA) is 4.93 Å². The molecule has 1 atom stereocenters. The summed E-state index contributed by atoms with van der Waals surface area (Å²) in [4.78, 5) is 0. The summed E-state index contributed by atoms with van der Waals surface area (Å²) in [6, 6.07) is 32.5. The zero-order chi connectivity index (χ0) is 15.6. The highest BCUT2D eigenvalue weighted by molar-refractivity contribution is 5.87. The lowest BCUT2D eigenvalue weighted by Gasteiger charge is -2.19. The summed E-state index contributed by atoms with van der Waals surface area (Å²) in [6.45, 7) is 2.27. The fourth-order valence-corrected chi connectivity index (χ4v) is 3.30. The molecule has 0 spiro atoms. The minimum atomic E-state index is 0.284. The molecule has 1 aromatic heterocycles. The molecule has 0 N–H and O–H groups in total. The Balaban J connectivity index is 1.97. The average molecular weight is 297 g/mol. The van der Waals surface area contributed by atoms with Crippen LogP contribution in [0.5, 0.6) is 0 Å². The maximum atomic E-state index is 2.44. The Morgan fingerprint density at radius 3 is 2.04 bits per heavy atom. The SMILES string of the molecule is CC(c1ccccc1)n1c(-c2ccccc2)cc2ccccc21. The lowest BCUT2D eigenvalue weighted by Crippen LogP contribution is -2.07. The van der Waals surface area contributed by atoms with Gasteiger partial charge in [0.05, 0.1) is 6.04 Å². The molecule has 0 fully saturated rings. The van der Waals surface area contributed by atoms with Crippen LogP contribution in [0.3, 0.4) is 0 Å². The zero-order valence-corrected chi connectivity index (χ0v) is 13.2. The van der Waals surface area contributed by atoms with E-state index >= 15 is 0 Å². The summed E-state index contributed by atoms with van der Waals surface area (Å²) in [5, 5.41) is 1.29. The van der Waals surface area contributed by atoms with Crippen LogP contribution >= 0.6 is 0 Å². The summed E-state index contributed by atoms with van der Waals surface area (Å²) in [5.74, 6) is 0. The van der Waals surface area contributed by atoms with Crippen molar-refractivity contribution in [3.63, 3.8) is 0 Å². The Hall–Kier alpha value is -2.80. The Labute approximate surface area is 136 Å². The van der Waals surface area contributed by atoms with E-state index in [9.17, 15) is 0 Å². The van der Waals surface area contributed by atoms with E-state index in [2.05, 4.69) is 102 Å². The first-order valence-electron chi connectivity index (χ1n) is 8.05. The fourth-order valence-electron chi connectivity index (χ4n) is 3.30. The molecule has 4 rings (SSSR count). The molecule has 0 amide bonds. The molecule has 4 aromatic rings. The van der Waals surface area contributed by atoms with Gasteiger partial charge in [0.1, 0.15) is 0 Å². The van der Waals surface area contributed by atoms with E-state index in [-0.39, 0.29) is 6.04 Å². The Morgan fingerprint density at radius 1 is 0.696 bits per heavy atom. The van der Waals surface area contributed by atoms with Crippen LogP contribution in [0.15, 0.2) is 91.0 Å². The second-order valence-corrected chi connectivity index (χ2v) is 5.91. The van der Waals surface area contributed by atoms with Crippen molar-refractivity contribution in [1.82, 2.24) is 4.57 Å². The molecule has 1 nitrogen and oxygen atoms in total. The predicted molar refractivity (Wildman–Crippen MR) is 97.6 cm³/mol. The van der Waals surface area contributed by atoms with Crippen LogP contribution in [0.2, 0.25) is 0 Å². The molecule has 0 bridgehead atoms. The number of rotatable bonds is 3. The largest absolute Gasteiger partial charge is 0.333 e. The van der Waals surface area contributed by atoms with Gasteiger partial charge in [0.25, 0.3) is 0 Å². The number of para-hydroxylation sites is 1. The van der Waals surface area contributed by atoms with Gasteiger partial charge in [-0.25, -0.2) is 0 Å². The summed E-state index contributed by atoms with van der Waals surface area (Å²) < 4.78 is 2.44. The van der Waals surface area contributed by atoms with E-state index in [1.54, 1.807) is 0 Å². The van der Waals surface area contributed by atoms with Crippen LogP contribution in [-0.2, 0) is 0 Å². The summed E-state index contributed by atoms with van der Waals surface area (Å²) in [5.41, 5.74) is 5.13. The minimum Gasteiger partial charge on any atom is -0.333 e. The summed E-state index contributed by atoms with van der Waals surface area (Å²) in [7, 11) is 0. The van der Waals surface area contributed by atoms with Gasteiger partial charge in [0.2, 0.25) is 0 Å². The van der Waals surface area contributed by atoms with Gasteiger partial charge in [-0.05, 0) is 30.2 Å². The maximum Gasteiger partial charge on any atom is 0.0563 e. The standard InChI is InChI=1S/C22H19N/c1-17(18-10-4-2-5-11-18)23-21-15-9-8-14-20(21)16-22(23)19-12-6-3-7-13-19/h2-17H,1H3. The lowest BCUT2D eigenvalue weighted by molar-refractivity contribution is 0.670. The van der Waals surface area contributed by atoms with Crippen LogP contribution in [0.25, 0.3) is 22.2 Å². The molecule has 0 aliphatic heterocycles. The molecule has 0 aliphatic carbocycles. The third-order valence-corrected chi connectivity index (χ3v) is 4.49. The summed E-state index contributed by atoms with van der Waals surface area (Å²) >= 11 is 0. The highest BCUT2D eigenvalue weighted by Gasteiger charge is 2.16. The Kier molecular flexibility index (Phi) is 3.47. The van der Waals surface area contributed by atoms with Crippen LogP contribution in [0.1, 0.15) is 18.5 Å². The molecule has 1 heterocycles. The highest BCUT2D eigenvalue weighted by atomic mass is 15.0. The van der Waals surface area contributed by atoms with E-state index in [0.29, 0.717) is 0 Å². The molecule has 3 aromatic carbocycles. The van der Waals surface area contributed by atoms with E-state index in [1.807, 2.05) is 0 Å². The first kappa shape index (κ1) is 13.8. The number of aromatic nitrogens is 1. The maximum absolute atomic E-state index is 2.44. The van der Waals surface area contributed by atoms with Crippen molar-refractivity contribution in [2.24, 2.45) is 0 Å². The number of hydrogen-bond donors (Lipinski definition) is 0. The molecule has 0 radical (unpaired) electrons. The van der Waals surface area contributed by atoms with Gasteiger partial charge in [-0.1, -0.05) is 78.9 Å². The number of benzene rings is 3. The minimum absolute atomic E-state index is 0.284. The van der Waals surface area contributed by atoms with Crippen LogP contribution in [0.4, 0.5) is 0 Å². The quantitative estimate of drug-likeness (QED) is 0.442. The second kappa shape index (κ2) is 5.77. The molecule has 112 valence electrons. The van der Waals surface area contributed by atoms with E-state index < -0.39 is 0 Å². The average Bonchev–Trinajstić information content (AvgIpc) is 3.02. The van der Waals surface area contributed by atoms with E-state index in [4.69, 9.17) is 0 Å². The molecular weight excluding hydrogens is 278 g/mol. The number of fused-ring (bicyclic) bond motifs is 1. The lowest BCUT2D eigenvalue weighted by atomic mass is 10.1. The molecule has 1 unspecified atom stereocenters. The molecular formula is C22H19N. The normalized spacial score (nSPS) is 12.4. The van der Waals surface area contributed by atoms with Crippen LogP contribution in [-0.4, -0.2) is 4.57 Å². The van der Waals surface area contributed by atoms with Gasteiger partial charge in [-0.15, -0.1) is 0 Å². The highest BCUT2D eigenvalue weighted by Crippen LogP contribution is 2.33. The molecule has 23 heavy (non-hydrogen) atoms. The van der Waals surface area contributed by atoms with Gasteiger partial charge < -0.3 is 4.57 Å². The Morgan fingerprint density at radius 2 is 1.30 bits per heavy atom. The number of hydrogen-bond acceptors (Lipinski definition) is 0. The van der Waals surface area contributed by atoms with Crippen molar-refractivity contribution < 1.29 is 0 Å². The van der Waals surface area contributed by atoms with Crippen molar-refractivity contribution in [2.45, 2.75) is 13.0 Å². The van der Waals surface area contributed by atoms with Crippen molar-refractivity contribution in [3.8, 4) is 11.3 Å². The second-order valence-electron chi connectivity index (χ2n) is 5.91. The van der Waals surface area contributed by atoms with Crippen LogP contribution < -0.4 is 0 Å². The van der Waals surface area contributed by atoms with Crippen molar-refractivity contribution in [1.29, 1.82) is 0 Å². The smallest absolute Gasteiger partial charge is 0.0563 e. The number of nitrogens with zero attached hydrogens (tertiary/aromatic N) is 1. The molecule has 0 saturated heterocycles. The van der Waals surface area contributed by atoms with Crippen molar-refractivity contribution >= 4 is 10.9 Å². The first-order chi connectivity index (χ1) is 11.3. The molecule has 1 heteroatoms. The van der Waals surface area contributed by atoms with Gasteiger partial charge in [-0.3, -0.25) is 0 Å². The molecule has 0 aliphatic rings.